The normalized spacial score (nSPS) is 20.4. The van der Waals surface area contributed by atoms with Crippen LogP contribution in [0.2, 0.25) is 0 Å². The van der Waals surface area contributed by atoms with Crippen LogP contribution in [0.15, 0.2) is 44.4 Å². The first-order valence-electron chi connectivity index (χ1n) is 3.84. The van der Waals surface area contributed by atoms with Crippen LogP contribution in [0.1, 0.15) is 15.7 Å². The van der Waals surface area contributed by atoms with Crippen LogP contribution in [0.5, 0.6) is 0 Å². The molecule has 0 atom stereocenters. The molecule has 2 aliphatic carbocycles. The molecule has 0 aromatic carbocycles. The smallest absolute Gasteiger partial charge is 1.00 e. The summed E-state index contributed by atoms with van der Waals surface area (Å²) in [5, 5.41) is 0. The fourth-order valence-corrected chi connectivity index (χ4v) is 3.61. The maximum absolute atomic E-state index is 2.29. The van der Waals surface area contributed by atoms with Crippen molar-refractivity contribution in [3.8, 4) is 0 Å². The third-order valence-corrected chi connectivity index (χ3v) is 4.51. The molecule has 0 radical (unpaired) electrons. The molecule has 0 fully saturated rings. The van der Waals surface area contributed by atoms with Gasteiger partial charge in [-0.25, -0.2) is 0 Å². The van der Waals surface area contributed by atoms with Crippen LogP contribution in [-0.2, 0) is 18.6 Å². The van der Waals surface area contributed by atoms with Gasteiger partial charge in [-0.2, -0.15) is 0 Å². The van der Waals surface area contributed by atoms with Crippen molar-refractivity contribution in [2.45, 2.75) is 12.8 Å². The molecule has 11 heavy (non-hydrogen) atoms. The topological polar surface area (TPSA) is 0 Å². The van der Waals surface area contributed by atoms with E-state index >= 15 is 0 Å². The molecule has 58 valence electrons. The summed E-state index contributed by atoms with van der Waals surface area (Å²) in [5.41, 5.74) is 0. The number of hydrogen-bond acceptors (Lipinski definition) is 0. The molecule has 0 aromatic heterocycles. The van der Waals surface area contributed by atoms with E-state index in [2.05, 4.69) is 36.5 Å². The molecule has 0 nitrogen and oxygen atoms in total. The Balaban J connectivity index is 0.000000720. The summed E-state index contributed by atoms with van der Waals surface area (Å²) in [5.74, 6) is 0. The van der Waals surface area contributed by atoms with Crippen LogP contribution in [0.25, 0.3) is 0 Å². The second-order valence-corrected chi connectivity index (χ2v) is 5.71. The summed E-state index contributed by atoms with van der Waals surface area (Å²) in [6, 6.07) is 0. The zero-order valence-electron chi connectivity index (χ0n) is 8.29. The molecule has 0 aliphatic heterocycles. The Kier molecular flexibility index (Phi) is 2.23. The van der Waals surface area contributed by atoms with Crippen molar-refractivity contribution in [2.24, 2.45) is 0 Å². The van der Waals surface area contributed by atoms with Crippen LogP contribution >= 0.6 is 0 Å². The van der Waals surface area contributed by atoms with E-state index in [1.165, 1.54) is 12.8 Å². The van der Waals surface area contributed by atoms with Gasteiger partial charge in [0.2, 0.25) is 0 Å². The fourth-order valence-electron chi connectivity index (χ4n) is 1.17. The first-order valence-corrected chi connectivity index (χ1v) is 5.85. The van der Waals surface area contributed by atoms with Crippen molar-refractivity contribution < 1.29 is 21.4 Å². The number of allylic oxidation sites excluding steroid dienone is 8. The Hall–Kier alpha value is -0.352. The number of rotatable bonds is 2. The monoisotopic (exact) mass is 230 g/mol. The minimum Gasteiger partial charge on any atom is -1.00 e. The Bertz CT molecular complexity index is 247. The first-order chi connectivity index (χ1) is 5.45. The van der Waals surface area contributed by atoms with Gasteiger partial charge in [0.25, 0.3) is 0 Å². The third-order valence-electron chi connectivity index (χ3n) is 1.74. The van der Waals surface area contributed by atoms with Crippen LogP contribution in [0, 0.1) is 0 Å². The van der Waals surface area contributed by atoms with E-state index in [9.17, 15) is 0 Å². The van der Waals surface area contributed by atoms with Gasteiger partial charge < -0.3 is 2.85 Å². The molecular formula is C10H12Mo. The summed E-state index contributed by atoms with van der Waals surface area (Å²) in [4.78, 5) is 0. The van der Waals surface area contributed by atoms with Crippen LogP contribution in [-0.4, -0.2) is 0 Å². The molecule has 0 aromatic rings. The maximum atomic E-state index is 2.29. The second-order valence-electron chi connectivity index (χ2n) is 2.63. The van der Waals surface area contributed by atoms with E-state index in [0.717, 1.165) is 0 Å². The predicted octanol–water partition coefficient (Wildman–Crippen LogP) is 2.98. The first kappa shape index (κ1) is 7.31. The molecule has 0 saturated heterocycles. The summed E-state index contributed by atoms with van der Waals surface area (Å²) in [7, 11) is 0. The molecule has 2 aliphatic rings. The third kappa shape index (κ3) is 1.81. The summed E-state index contributed by atoms with van der Waals surface area (Å²) in [6.45, 7) is 0. The Morgan fingerprint density at radius 3 is 1.91 bits per heavy atom. The van der Waals surface area contributed by atoms with Crippen molar-refractivity contribution in [3.63, 3.8) is 0 Å². The molecule has 0 N–H and O–H groups in total. The zero-order valence-corrected chi connectivity index (χ0v) is 8.29. The van der Waals surface area contributed by atoms with Gasteiger partial charge in [0.1, 0.15) is 0 Å². The predicted molar refractivity (Wildman–Crippen MR) is 45.9 cm³/mol. The van der Waals surface area contributed by atoms with Gasteiger partial charge in [0.15, 0.2) is 0 Å². The molecular weight excluding hydrogens is 216 g/mol. The fraction of sp³-hybridized carbons (Fsp3) is 0.200. The second kappa shape index (κ2) is 3.36. The van der Waals surface area contributed by atoms with Crippen molar-refractivity contribution in [1.82, 2.24) is 0 Å². The van der Waals surface area contributed by atoms with Crippen molar-refractivity contribution in [3.05, 3.63) is 44.4 Å². The molecule has 0 bridgehead atoms. The van der Waals surface area contributed by atoms with Gasteiger partial charge in [-0.05, 0) is 0 Å². The van der Waals surface area contributed by atoms with Crippen LogP contribution in [0.3, 0.4) is 0 Å². The Labute approximate surface area is 78.9 Å². The molecule has 1 heteroatoms. The standard InChI is InChI=1S/2C5H5.Mo.2H/c2*1-2-4-5-3-1;;;/h2*1-3H,4H2;;;/q;;+2;2*-1. The van der Waals surface area contributed by atoms with Gasteiger partial charge in [0, 0.05) is 0 Å². The van der Waals surface area contributed by atoms with E-state index in [-0.39, 0.29) is 21.4 Å². The minimum atomic E-state index is 0. The summed E-state index contributed by atoms with van der Waals surface area (Å²) >= 11 is 0.0394. The van der Waals surface area contributed by atoms with Gasteiger partial charge in [-0.1, -0.05) is 0 Å². The van der Waals surface area contributed by atoms with Crippen molar-refractivity contribution in [1.29, 1.82) is 0 Å². The van der Waals surface area contributed by atoms with E-state index < -0.39 is 0 Å². The minimum absolute atomic E-state index is 0. The van der Waals surface area contributed by atoms with Gasteiger partial charge in [-0.3, -0.25) is 0 Å². The van der Waals surface area contributed by atoms with E-state index in [0.29, 0.717) is 0 Å². The van der Waals surface area contributed by atoms with E-state index in [1.807, 2.05) is 0 Å². The Morgan fingerprint density at radius 2 is 1.55 bits per heavy atom. The quantitative estimate of drug-likeness (QED) is 0.637. The molecule has 0 saturated carbocycles. The van der Waals surface area contributed by atoms with Crippen molar-refractivity contribution in [2.75, 3.05) is 0 Å². The number of hydrogen-bond donors (Lipinski definition) is 0. The van der Waals surface area contributed by atoms with E-state index in [4.69, 9.17) is 0 Å². The molecule has 2 rings (SSSR count). The molecule has 0 spiro atoms. The Morgan fingerprint density at radius 1 is 1.00 bits per heavy atom. The molecule has 0 amide bonds. The van der Waals surface area contributed by atoms with Crippen LogP contribution < -0.4 is 0 Å². The van der Waals surface area contributed by atoms with Gasteiger partial charge >= 0.3 is 75.8 Å². The SMILES string of the molecule is C1=CC[C]([Mo+2][C]2=CC=CC2)=C1.[H-].[H-]. The van der Waals surface area contributed by atoms with Gasteiger partial charge in [-0.15, -0.1) is 0 Å². The largest absolute Gasteiger partial charge is 1.00 e. The zero-order chi connectivity index (χ0) is 7.52. The van der Waals surface area contributed by atoms with Gasteiger partial charge in [0.05, 0.1) is 0 Å². The maximum Gasteiger partial charge on any atom is -1.00 e. The molecule has 0 unspecified atom stereocenters. The average Bonchev–Trinajstić information content (AvgIpc) is 2.60. The summed E-state index contributed by atoms with van der Waals surface area (Å²) in [6.07, 6.45) is 15.9. The van der Waals surface area contributed by atoms with Crippen LogP contribution in [0.4, 0.5) is 0 Å². The average molecular weight is 228 g/mol. The molecule has 0 heterocycles. The van der Waals surface area contributed by atoms with E-state index in [1.54, 1.807) is 7.93 Å². The summed E-state index contributed by atoms with van der Waals surface area (Å²) < 4.78 is 3.37. The van der Waals surface area contributed by atoms with Crippen molar-refractivity contribution >= 4 is 0 Å².